The van der Waals surface area contributed by atoms with Crippen LogP contribution in [0.25, 0.3) is 27.6 Å². The molecule has 1 aliphatic heterocycles. The van der Waals surface area contributed by atoms with E-state index in [-0.39, 0.29) is 34.7 Å². The van der Waals surface area contributed by atoms with E-state index in [1.165, 1.54) is 16.3 Å². The van der Waals surface area contributed by atoms with Crippen LogP contribution in [0.1, 0.15) is 41.3 Å². The number of benzene rings is 2. The maximum atomic E-state index is 13.7. The summed E-state index contributed by atoms with van der Waals surface area (Å²) in [6.45, 7) is 4.02. The average molecular weight is 618 g/mol. The van der Waals surface area contributed by atoms with Crippen molar-refractivity contribution in [2.24, 2.45) is 7.05 Å². The molecule has 10 heteroatoms. The number of ether oxygens (including phenoxy) is 1. The van der Waals surface area contributed by atoms with Crippen LogP contribution in [0.15, 0.2) is 88.8 Å². The van der Waals surface area contributed by atoms with E-state index >= 15 is 0 Å². The molecule has 3 aromatic heterocycles. The zero-order chi connectivity index (χ0) is 32.0. The number of hydrogen-bond donors (Lipinski definition) is 2. The van der Waals surface area contributed by atoms with Crippen LogP contribution < -0.4 is 16.4 Å². The third-order valence-electron chi connectivity index (χ3n) is 9.24. The van der Waals surface area contributed by atoms with Crippen LogP contribution in [-0.4, -0.2) is 56.3 Å². The van der Waals surface area contributed by atoms with Crippen LogP contribution >= 0.6 is 0 Å². The van der Waals surface area contributed by atoms with Gasteiger partial charge < -0.3 is 24.6 Å². The maximum Gasteiger partial charge on any atom is 0.274 e. The molecular formula is C36H35N5O5. The van der Waals surface area contributed by atoms with Crippen molar-refractivity contribution < 1.29 is 14.6 Å². The van der Waals surface area contributed by atoms with E-state index in [0.717, 1.165) is 18.2 Å². The van der Waals surface area contributed by atoms with Crippen LogP contribution in [0.5, 0.6) is 0 Å². The topological polar surface area (TPSA) is 119 Å². The number of amides is 1. The van der Waals surface area contributed by atoms with Crippen molar-refractivity contribution in [3.8, 4) is 16.8 Å². The molecule has 46 heavy (non-hydrogen) atoms. The second-order valence-electron chi connectivity index (χ2n) is 12.3. The molecule has 10 nitrogen and oxygen atoms in total. The highest BCUT2D eigenvalue weighted by Crippen LogP contribution is 2.48. The number of carbonyl (C=O) groups excluding carboxylic acids is 1. The summed E-state index contributed by atoms with van der Waals surface area (Å²) in [5, 5.41) is 15.2. The molecule has 1 saturated carbocycles. The highest BCUT2D eigenvalue weighted by atomic mass is 16.5. The van der Waals surface area contributed by atoms with E-state index in [4.69, 9.17) is 4.74 Å². The Morgan fingerprint density at radius 3 is 2.54 bits per heavy atom. The Morgan fingerprint density at radius 2 is 1.83 bits per heavy atom. The van der Waals surface area contributed by atoms with Gasteiger partial charge in [0.2, 0.25) is 0 Å². The monoisotopic (exact) mass is 617 g/mol. The van der Waals surface area contributed by atoms with Gasteiger partial charge in [0.25, 0.3) is 17.0 Å². The quantitative estimate of drug-likeness (QED) is 0.276. The third kappa shape index (κ3) is 5.39. The van der Waals surface area contributed by atoms with Gasteiger partial charge in [-0.2, -0.15) is 0 Å². The third-order valence-corrected chi connectivity index (χ3v) is 9.24. The first kappa shape index (κ1) is 29.6. The Hall–Kier alpha value is -5.06. The molecule has 4 heterocycles. The fourth-order valence-electron chi connectivity index (χ4n) is 6.16. The summed E-state index contributed by atoms with van der Waals surface area (Å²) in [5.74, 6) is 0.296. The zero-order valence-corrected chi connectivity index (χ0v) is 25.8. The van der Waals surface area contributed by atoms with Gasteiger partial charge in [0, 0.05) is 55.2 Å². The number of fused-ring (bicyclic) bond motifs is 1. The summed E-state index contributed by atoms with van der Waals surface area (Å²) >= 11 is 0. The molecule has 0 radical (unpaired) electrons. The van der Waals surface area contributed by atoms with Crippen molar-refractivity contribution in [2.75, 3.05) is 31.6 Å². The zero-order valence-electron chi connectivity index (χ0n) is 25.8. The lowest BCUT2D eigenvalue weighted by molar-refractivity contribution is 0.0302. The van der Waals surface area contributed by atoms with E-state index < -0.39 is 0 Å². The number of nitrogens with one attached hydrogen (secondary N) is 1. The number of anilines is 2. The number of pyridine rings is 3. The molecule has 2 aromatic carbocycles. The molecule has 0 atom stereocenters. The van der Waals surface area contributed by atoms with Crippen molar-refractivity contribution in [2.45, 2.75) is 31.8 Å². The number of rotatable bonds is 7. The fraction of sp³-hybridized carbons (Fsp3) is 0.278. The minimum atomic E-state index is -0.320. The number of aromatic nitrogens is 3. The van der Waals surface area contributed by atoms with E-state index in [1.807, 2.05) is 36.4 Å². The molecule has 1 saturated heterocycles. The second kappa shape index (κ2) is 11.7. The van der Waals surface area contributed by atoms with E-state index in [2.05, 4.69) is 23.3 Å². The van der Waals surface area contributed by atoms with Crippen LogP contribution in [0.4, 0.5) is 11.5 Å². The van der Waals surface area contributed by atoms with E-state index in [1.54, 1.807) is 47.1 Å². The summed E-state index contributed by atoms with van der Waals surface area (Å²) in [4.78, 5) is 45.8. The van der Waals surface area contributed by atoms with Gasteiger partial charge in [-0.05, 0) is 71.2 Å². The van der Waals surface area contributed by atoms with Gasteiger partial charge in [-0.15, -0.1) is 0 Å². The summed E-state index contributed by atoms with van der Waals surface area (Å²) in [6, 6.07) is 18.6. The highest BCUT2D eigenvalue weighted by molar-refractivity contribution is 5.94. The molecule has 5 aromatic rings. The molecule has 0 unspecified atom stereocenters. The fourth-order valence-corrected chi connectivity index (χ4v) is 6.16. The van der Waals surface area contributed by atoms with Gasteiger partial charge in [-0.1, -0.05) is 31.2 Å². The molecule has 2 fully saturated rings. The SMILES string of the molecule is Cn1cc(-c2cccc(-n3ccc4cc(C5(C)CC5)ccc4c3=O)c2CO)cc(Nc2ccc(C(=O)N3CCOCC3)cn2)c1=O. The van der Waals surface area contributed by atoms with Crippen LogP contribution in [0, 0.1) is 0 Å². The van der Waals surface area contributed by atoms with Crippen molar-refractivity contribution >= 4 is 28.2 Å². The van der Waals surface area contributed by atoms with Crippen LogP contribution in [0.2, 0.25) is 0 Å². The number of carbonyl (C=O) groups is 1. The molecule has 1 amide bonds. The Bertz CT molecular complexity index is 2090. The summed E-state index contributed by atoms with van der Waals surface area (Å²) < 4.78 is 8.36. The van der Waals surface area contributed by atoms with Crippen molar-refractivity contribution in [1.82, 2.24) is 19.0 Å². The van der Waals surface area contributed by atoms with E-state index in [0.29, 0.717) is 65.4 Å². The number of aryl methyl sites for hydroxylation is 1. The molecule has 0 bridgehead atoms. The normalized spacial score (nSPS) is 15.6. The average Bonchev–Trinajstić information content (AvgIpc) is 3.85. The molecule has 2 N–H and O–H groups in total. The van der Waals surface area contributed by atoms with Crippen molar-refractivity contribution in [1.29, 1.82) is 0 Å². The lowest BCUT2D eigenvalue weighted by Gasteiger charge is -2.26. The van der Waals surface area contributed by atoms with Gasteiger partial charge in [-0.25, -0.2) is 4.98 Å². The van der Waals surface area contributed by atoms with Gasteiger partial charge in [0.05, 0.1) is 31.1 Å². The number of morpholine rings is 1. The summed E-state index contributed by atoms with van der Waals surface area (Å²) in [6.07, 6.45) is 7.27. The van der Waals surface area contributed by atoms with E-state index in [9.17, 15) is 19.5 Å². The lowest BCUT2D eigenvalue weighted by Crippen LogP contribution is -2.40. The van der Waals surface area contributed by atoms with Crippen molar-refractivity contribution in [3.63, 3.8) is 0 Å². The molecule has 7 rings (SSSR count). The maximum absolute atomic E-state index is 13.7. The Morgan fingerprint density at radius 1 is 1.02 bits per heavy atom. The Kier molecular flexibility index (Phi) is 7.54. The standard InChI is InChI=1S/C36H35N5O5/c1-36(11-12-36)26-7-8-28-23(18-26)10-13-41(34(28)44)31-5-3-4-27(29(31)22-42)25-19-30(35(45)39(2)21-25)38-32-9-6-24(20-37-32)33(43)40-14-16-46-17-15-40/h3-10,13,18-21,42H,11-12,14-17,22H2,1-2H3,(H,37,38). The second-order valence-corrected chi connectivity index (χ2v) is 12.3. The summed E-state index contributed by atoms with van der Waals surface area (Å²) in [5.41, 5.74) is 4.22. The van der Waals surface area contributed by atoms with Gasteiger partial charge in [-0.3, -0.25) is 19.0 Å². The van der Waals surface area contributed by atoms with Gasteiger partial charge >= 0.3 is 0 Å². The van der Waals surface area contributed by atoms with Crippen LogP contribution in [0.3, 0.4) is 0 Å². The Balaban J connectivity index is 1.21. The van der Waals surface area contributed by atoms with Gasteiger partial charge in [0.1, 0.15) is 11.5 Å². The molecule has 1 aliphatic carbocycles. The Labute approximate surface area is 265 Å². The number of aliphatic hydroxyl groups is 1. The number of hydrogen-bond acceptors (Lipinski definition) is 7. The first-order valence-corrected chi connectivity index (χ1v) is 15.5. The smallest absolute Gasteiger partial charge is 0.274 e. The minimum absolute atomic E-state index is 0.112. The highest BCUT2D eigenvalue weighted by Gasteiger charge is 2.39. The van der Waals surface area contributed by atoms with Gasteiger partial charge in [0.15, 0.2) is 0 Å². The molecule has 2 aliphatic rings. The predicted octanol–water partition coefficient (Wildman–Crippen LogP) is 4.51. The van der Waals surface area contributed by atoms with Crippen LogP contribution in [-0.2, 0) is 23.8 Å². The number of nitrogens with zero attached hydrogens (tertiary/aromatic N) is 4. The lowest BCUT2D eigenvalue weighted by atomic mass is 9.96. The number of aliphatic hydroxyl groups excluding tert-OH is 1. The minimum Gasteiger partial charge on any atom is -0.392 e. The largest absolute Gasteiger partial charge is 0.392 e. The first-order chi connectivity index (χ1) is 22.3. The summed E-state index contributed by atoms with van der Waals surface area (Å²) in [7, 11) is 1.65. The predicted molar refractivity (Wildman–Crippen MR) is 177 cm³/mol. The molecular weight excluding hydrogens is 582 g/mol. The molecule has 234 valence electrons. The first-order valence-electron chi connectivity index (χ1n) is 15.5. The molecule has 0 spiro atoms. The van der Waals surface area contributed by atoms with Crippen molar-refractivity contribution in [3.05, 3.63) is 117 Å².